The molecular formula is C24H16ClFO5. The van der Waals surface area contributed by atoms with Crippen molar-refractivity contribution in [1.82, 2.24) is 0 Å². The van der Waals surface area contributed by atoms with E-state index >= 15 is 0 Å². The van der Waals surface area contributed by atoms with Gasteiger partial charge in [0.15, 0.2) is 12.6 Å². The molecule has 2 aliphatic rings. The molecule has 0 bridgehead atoms. The highest BCUT2D eigenvalue weighted by molar-refractivity contribution is 6.30. The maximum absolute atomic E-state index is 13.1. The molecule has 0 saturated heterocycles. The van der Waals surface area contributed by atoms with Crippen molar-refractivity contribution in [2.45, 2.75) is 13.2 Å². The molecule has 0 unspecified atom stereocenters. The Hall–Kier alpha value is -3.35. The summed E-state index contributed by atoms with van der Waals surface area (Å²) in [4.78, 5) is 12.6. The van der Waals surface area contributed by atoms with Gasteiger partial charge < -0.3 is 18.9 Å². The zero-order valence-electron chi connectivity index (χ0n) is 16.2. The molecule has 3 aromatic rings. The van der Waals surface area contributed by atoms with Gasteiger partial charge in [-0.3, -0.25) is 4.79 Å². The first kappa shape index (κ1) is 19.6. The molecule has 0 amide bonds. The van der Waals surface area contributed by atoms with Gasteiger partial charge in [0.2, 0.25) is 5.78 Å². The Balaban J connectivity index is 1.34. The van der Waals surface area contributed by atoms with Crippen LogP contribution < -0.4 is 14.2 Å². The predicted molar refractivity (Wildman–Crippen MR) is 112 cm³/mol. The third-order valence-corrected chi connectivity index (χ3v) is 5.17. The number of fused-ring (bicyclic) bond motifs is 2. The molecule has 2 aliphatic heterocycles. The monoisotopic (exact) mass is 438 g/mol. The van der Waals surface area contributed by atoms with E-state index in [1.165, 1.54) is 12.1 Å². The fraction of sp³-hybridized carbons (Fsp3) is 0.125. The fourth-order valence-corrected chi connectivity index (χ4v) is 3.76. The van der Waals surface area contributed by atoms with E-state index < -0.39 is 0 Å². The average molecular weight is 439 g/mol. The molecular weight excluding hydrogens is 423 g/mol. The number of carbonyl (C=O) groups excluding carboxylic acids is 1. The lowest BCUT2D eigenvalue weighted by Crippen LogP contribution is -2.14. The largest absolute Gasteiger partial charge is 0.489 e. The summed E-state index contributed by atoms with van der Waals surface area (Å²) in [6, 6.07) is 14.5. The van der Waals surface area contributed by atoms with Crippen LogP contribution in [0.5, 0.6) is 17.2 Å². The second kappa shape index (κ2) is 8.06. The van der Waals surface area contributed by atoms with Crippen LogP contribution in [0.25, 0.3) is 6.08 Å². The molecule has 0 saturated carbocycles. The molecule has 0 aliphatic carbocycles. The van der Waals surface area contributed by atoms with Crippen molar-refractivity contribution in [3.8, 4) is 17.2 Å². The Bertz CT molecular complexity index is 1200. The lowest BCUT2D eigenvalue weighted by molar-refractivity contribution is -0.0175. The van der Waals surface area contributed by atoms with Crippen LogP contribution in [-0.4, -0.2) is 12.6 Å². The highest BCUT2D eigenvalue weighted by atomic mass is 35.5. The van der Waals surface area contributed by atoms with Crippen molar-refractivity contribution >= 4 is 23.5 Å². The van der Waals surface area contributed by atoms with E-state index in [4.69, 9.17) is 30.5 Å². The van der Waals surface area contributed by atoms with Crippen molar-refractivity contribution in [2.24, 2.45) is 0 Å². The maximum Gasteiger partial charge on any atom is 0.231 e. The smallest absolute Gasteiger partial charge is 0.231 e. The number of hydrogen-bond donors (Lipinski definition) is 0. The van der Waals surface area contributed by atoms with E-state index in [1.54, 1.807) is 42.5 Å². The van der Waals surface area contributed by atoms with E-state index in [9.17, 15) is 9.18 Å². The lowest BCUT2D eigenvalue weighted by Gasteiger charge is -2.21. The molecule has 0 fully saturated rings. The van der Waals surface area contributed by atoms with Crippen LogP contribution in [0.15, 0.2) is 60.4 Å². The summed E-state index contributed by atoms with van der Waals surface area (Å²) < 4.78 is 35.6. The van der Waals surface area contributed by atoms with Crippen LogP contribution in [0.2, 0.25) is 5.02 Å². The lowest BCUT2D eigenvalue weighted by atomic mass is 10.1. The topological polar surface area (TPSA) is 54.0 Å². The van der Waals surface area contributed by atoms with Gasteiger partial charge in [-0.2, -0.15) is 0 Å². The number of ether oxygens (including phenoxy) is 4. The summed E-state index contributed by atoms with van der Waals surface area (Å²) in [7, 11) is 0. The van der Waals surface area contributed by atoms with E-state index in [-0.39, 0.29) is 30.8 Å². The summed E-state index contributed by atoms with van der Waals surface area (Å²) in [6.45, 7) is 0.842. The average Bonchev–Trinajstić information content (AvgIpc) is 3.08. The minimum absolute atomic E-state index is 0.177. The Labute approximate surface area is 182 Å². The zero-order chi connectivity index (χ0) is 21.4. The summed E-state index contributed by atoms with van der Waals surface area (Å²) in [5.74, 6) is 1.26. The second-order valence-electron chi connectivity index (χ2n) is 7.10. The van der Waals surface area contributed by atoms with Crippen molar-refractivity contribution in [1.29, 1.82) is 0 Å². The minimum Gasteiger partial charge on any atom is -0.489 e. The Morgan fingerprint density at radius 2 is 1.94 bits per heavy atom. The molecule has 5 rings (SSSR count). The molecule has 31 heavy (non-hydrogen) atoms. The minimum atomic E-state index is -0.343. The normalized spacial score (nSPS) is 15.8. The standard InChI is InChI=1S/C24H16ClFO5/c25-17-8-15-11-28-13-30-24(15)16(9-17)12-29-19-5-6-20-21(10-19)31-22(23(20)27)7-14-1-3-18(26)4-2-14/h1-10H,11-13H2/b22-7-. The van der Waals surface area contributed by atoms with Crippen LogP contribution in [0, 0.1) is 5.82 Å². The highest BCUT2D eigenvalue weighted by Gasteiger charge is 2.28. The van der Waals surface area contributed by atoms with Gasteiger partial charge in [-0.15, -0.1) is 0 Å². The van der Waals surface area contributed by atoms with Gasteiger partial charge in [0.1, 0.15) is 29.7 Å². The van der Waals surface area contributed by atoms with Crippen LogP contribution >= 0.6 is 11.6 Å². The first-order valence-corrected chi connectivity index (χ1v) is 9.93. The molecule has 0 atom stereocenters. The molecule has 5 nitrogen and oxygen atoms in total. The Morgan fingerprint density at radius 3 is 2.77 bits per heavy atom. The number of benzene rings is 3. The van der Waals surface area contributed by atoms with Gasteiger partial charge >= 0.3 is 0 Å². The van der Waals surface area contributed by atoms with Crippen LogP contribution in [-0.2, 0) is 18.0 Å². The summed E-state index contributed by atoms with van der Waals surface area (Å²) >= 11 is 6.20. The maximum atomic E-state index is 13.1. The van der Waals surface area contributed by atoms with E-state index in [1.807, 2.05) is 6.07 Å². The molecule has 3 aromatic carbocycles. The van der Waals surface area contributed by atoms with Crippen molar-refractivity contribution < 1.29 is 28.1 Å². The molecule has 0 radical (unpaired) electrons. The van der Waals surface area contributed by atoms with Gasteiger partial charge in [-0.05, 0) is 48.0 Å². The van der Waals surface area contributed by atoms with E-state index in [0.29, 0.717) is 40.0 Å². The van der Waals surface area contributed by atoms with Gasteiger partial charge in [-0.25, -0.2) is 4.39 Å². The van der Waals surface area contributed by atoms with E-state index in [0.717, 1.165) is 11.1 Å². The third-order valence-electron chi connectivity index (χ3n) is 4.96. The first-order chi connectivity index (χ1) is 15.1. The number of rotatable bonds is 4. The van der Waals surface area contributed by atoms with E-state index in [2.05, 4.69) is 0 Å². The van der Waals surface area contributed by atoms with Crippen molar-refractivity contribution in [3.05, 3.63) is 93.5 Å². The summed E-state index contributed by atoms with van der Waals surface area (Å²) in [6.07, 6.45) is 1.58. The number of allylic oxidation sites excluding steroid dienone is 1. The quantitative estimate of drug-likeness (QED) is 0.500. The Kier molecular flexibility index (Phi) is 5.10. The number of ketones is 1. The number of hydrogen-bond acceptors (Lipinski definition) is 5. The second-order valence-corrected chi connectivity index (χ2v) is 7.54. The molecule has 2 heterocycles. The van der Waals surface area contributed by atoms with Gasteiger partial charge in [0, 0.05) is 22.2 Å². The number of halogens is 2. The summed E-state index contributed by atoms with van der Waals surface area (Å²) in [5, 5.41) is 0.574. The zero-order valence-corrected chi connectivity index (χ0v) is 16.9. The predicted octanol–water partition coefficient (Wildman–Crippen LogP) is 5.54. The fourth-order valence-electron chi connectivity index (χ4n) is 3.49. The summed E-state index contributed by atoms with van der Waals surface area (Å²) in [5.41, 5.74) is 2.79. The van der Waals surface area contributed by atoms with Crippen LogP contribution in [0.3, 0.4) is 0 Å². The third kappa shape index (κ3) is 4.00. The number of Topliss-reactive ketones (excluding diaryl/α,β-unsaturated/α-hetero) is 1. The van der Waals surface area contributed by atoms with Crippen molar-refractivity contribution in [2.75, 3.05) is 6.79 Å². The van der Waals surface area contributed by atoms with Crippen molar-refractivity contribution in [3.63, 3.8) is 0 Å². The van der Waals surface area contributed by atoms with Gasteiger partial charge in [0.05, 0.1) is 12.2 Å². The number of carbonyl (C=O) groups is 1. The molecule has 7 heteroatoms. The van der Waals surface area contributed by atoms with Crippen LogP contribution in [0.1, 0.15) is 27.0 Å². The Morgan fingerprint density at radius 1 is 1.10 bits per heavy atom. The molecule has 0 N–H and O–H groups in total. The molecule has 156 valence electrons. The van der Waals surface area contributed by atoms with Gasteiger partial charge in [-0.1, -0.05) is 23.7 Å². The SMILES string of the molecule is O=C1/C(=C/c2ccc(F)cc2)Oc2cc(OCc3cc(Cl)cc4c3OCOC4)ccc21. The highest BCUT2D eigenvalue weighted by Crippen LogP contribution is 2.36. The van der Waals surface area contributed by atoms with Gasteiger partial charge in [0.25, 0.3) is 0 Å². The first-order valence-electron chi connectivity index (χ1n) is 9.55. The molecule has 0 aromatic heterocycles. The van der Waals surface area contributed by atoms with Crippen LogP contribution in [0.4, 0.5) is 4.39 Å². The molecule has 0 spiro atoms.